The minimum atomic E-state index is -0.324. The summed E-state index contributed by atoms with van der Waals surface area (Å²) < 4.78 is 7.40. The average molecular weight is 570 g/mol. The number of ether oxygens (including phenoxy) is 1. The van der Waals surface area contributed by atoms with Crippen molar-refractivity contribution in [3.05, 3.63) is 67.0 Å². The molecule has 0 unspecified atom stereocenters. The number of amides is 1. The van der Waals surface area contributed by atoms with Crippen LogP contribution in [0.25, 0.3) is 22.2 Å². The Morgan fingerprint density at radius 3 is 2.50 bits per heavy atom. The molecule has 0 radical (unpaired) electrons. The fraction of sp³-hybridized carbons (Fsp3) is 0.312. The highest BCUT2D eigenvalue weighted by molar-refractivity contribution is 6.03. The van der Waals surface area contributed by atoms with Gasteiger partial charge in [-0.05, 0) is 43.8 Å². The highest BCUT2D eigenvalue weighted by Crippen LogP contribution is 2.39. The van der Waals surface area contributed by atoms with Crippen molar-refractivity contribution in [2.24, 2.45) is 0 Å². The van der Waals surface area contributed by atoms with Crippen LogP contribution in [0, 0.1) is 0 Å². The molecule has 0 saturated heterocycles. The Balaban J connectivity index is 1.82. The molecular formula is C32H39N7O3. The van der Waals surface area contributed by atoms with E-state index in [4.69, 9.17) is 9.72 Å². The fourth-order valence-corrected chi connectivity index (χ4v) is 4.74. The van der Waals surface area contributed by atoms with Crippen LogP contribution >= 0.6 is 0 Å². The summed E-state index contributed by atoms with van der Waals surface area (Å²) in [6.07, 6.45) is 4.89. The van der Waals surface area contributed by atoms with Gasteiger partial charge in [0.2, 0.25) is 17.8 Å². The van der Waals surface area contributed by atoms with Crippen LogP contribution in [-0.4, -0.2) is 72.6 Å². The Labute approximate surface area is 247 Å². The fourth-order valence-electron chi connectivity index (χ4n) is 4.74. The van der Waals surface area contributed by atoms with Crippen LogP contribution in [0.15, 0.2) is 61.4 Å². The average Bonchev–Trinajstić information content (AvgIpc) is 3.36. The molecule has 42 heavy (non-hydrogen) atoms. The summed E-state index contributed by atoms with van der Waals surface area (Å²) in [4.78, 5) is 38.5. The van der Waals surface area contributed by atoms with Gasteiger partial charge in [-0.3, -0.25) is 14.2 Å². The van der Waals surface area contributed by atoms with E-state index in [-0.39, 0.29) is 17.7 Å². The van der Waals surface area contributed by atoms with Crippen molar-refractivity contribution in [3.63, 3.8) is 0 Å². The minimum absolute atomic E-state index is 0.0783. The summed E-state index contributed by atoms with van der Waals surface area (Å²) in [5.74, 6) is 0.646. The molecule has 0 fully saturated rings. The number of hydrogen-bond acceptors (Lipinski definition) is 8. The molecule has 0 spiro atoms. The number of para-hydroxylation sites is 1. The van der Waals surface area contributed by atoms with E-state index in [0.717, 1.165) is 46.5 Å². The molecule has 1 amide bonds. The number of nitrogens with one attached hydrogen (secondary N) is 2. The van der Waals surface area contributed by atoms with Gasteiger partial charge in [0.1, 0.15) is 5.75 Å². The zero-order valence-corrected chi connectivity index (χ0v) is 25.4. The zero-order valence-electron chi connectivity index (χ0n) is 25.4. The maximum absolute atomic E-state index is 12.4. The summed E-state index contributed by atoms with van der Waals surface area (Å²) in [5.41, 5.74) is 5.32. The molecule has 4 rings (SSSR count). The van der Waals surface area contributed by atoms with Crippen LogP contribution in [0.1, 0.15) is 37.0 Å². The standard InChI is InChI=1S/C32H39N7O3/c1-9-30(41)34-25-16-26(29(42-8)17-28(25)38(7)15-14-37(5)6)35-32-33-18-23(20(2)3)31(36-32)24-19-39(21(4)40)27-13-11-10-12-22(24)27/h9-13,16-20H,1,14-15H2,2-8H3,(H,34,41)(H,33,35,36). The molecule has 2 heterocycles. The van der Waals surface area contributed by atoms with Gasteiger partial charge in [-0.25, -0.2) is 9.97 Å². The molecule has 10 nitrogen and oxygen atoms in total. The molecule has 0 bridgehead atoms. The van der Waals surface area contributed by atoms with Crippen molar-refractivity contribution >= 4 is 45.7 Å². The van der Waals surface area contributed by atoms with Crippen molar-refractivity contribution in [1.82, 2.24) is 19.4 Å². The number of nitrogens with zero attached hydrogens (tertiary/aromatic N) is 5. The molecular weight excluding hydrogens is 530 g/mol. The van der Waals surface area contributed by atoms with Crippen LogP contribution in [0.2, 0.25) is 0 Å². The van der Waals surface area contributed by atoms with Crippen molar-refractivity contribution in [3.8, 4) is 17.0 Å². The molecule has 220 valence electrons. The van der Waals surface area contributed by atoms with Crippen molar-refractivity contribution in [1.29, 1.82) is 0 Å². The van der Waals surface area contributed by atoms with Crippen LogP contribution in [0.4, 0.5) is 23.0 Å². The SMILES string of the molecule is C=CC(=O)Nc1cc(Nc2ncc(C(C)C)c(-c3cn(C(C)=O)c4ccccc34)n2)c(OC)cc1N(C)CCN(C)C. The molecule has 0 aliphatic rings. The predicted molar refractivity (Wildman–Crippen MR) is 170 cm³/mol. The van der Waals surface area contributed by atoms with E-state index >= 15 is 0 Å². The summed E-state index contributed by atoms with van der Waals surface area (Å²) in [6.45, 7) is 10.9. The van der Waals surface area contributed by atoms with Crippen LogP contribution in [0.3, 0.4) is 0 Å². The van der Waals surface area contributed by atoms with Gasteiger partial charge in [-0.1, -0.05) is 38.6 Å². The third kappa shape index (κ3) is 6.44. The minimum Gasteiger partial charge on any atom is -0.494 e. The quantitative estimate of drug-likeness (QED) is 0.220. The molecule has 2 aromatic heterocycles. The number of benzene rings is 2. The third-order valence-electron chi connectivity index (χ3n) is 7.05. The smallest absolute Gasteiger partial charge is 0.247 e. The Morgan fingerprint density at radius 2 is 1.86 bits per heavy atom. The maximum Gasteiger partial charge on any atom is 0.247 e. The number of hydrogen-bond donors (Lipinski definition) is 2. The lowest BCUT2D eigenvalue weighted by Gasteiger charge is -2.26. The summed E-state index contributed by atoms with van der Waals surface area (Å²) in [6, 6.07) is 11.5. The predicted octanol–water partition coefficient (Wildman–Crippen LogP) is 5.76. The highest BCUT2D eigenvalue weighted by Gasteiger charge is 2.21. The second-order valence-electron chi connectivity index (χ2n) is 10.7. The van der Waals surface area contributed by atoms with Gasteiger partial charge >= 0.3 is 0 Å². The first-order valence-electron chi connectivity index (χ1n) is 13.8. The van der Waals surface area contributed by atoms with E-state index in [9.17, 15) is 9.59 Å². The van der Waals surface area contributed by atoms with Crippen molar-refractivity contribution in [2.45, 2.75) is 26.7 Å². The zero-order chi connectivity index (χ0) is 30.6. The first kappa shape index (κ1) is 30.3. The van der Waals surface area contributed by atoms with E-state index in [1.165, 1.54) is 6.08 Å². The van der Waals surface area contributed by atoms with E-state index in [2.05, 4.69) is 45.8 Å². The molecule has 0 atom stereocenters. The van der Waals surface area contributed by atoms with Gasteiger partial charge in [0, 0.05) is 56.5 Å². The lowest BCUT2D eigenvalue weighted by Crippen LogP contribution is -2.29. The molecule has 2 aromatic carbocycles. The number of fused-ring (bicyclic) bond motifs is 1. The maximum atomic E-state index is 12.4. The number of carbonyl (C=O) groups excluding carboxylic acids is 2. The number of anilines is 4. The number of methoxy groups -OCH3 is 1. The van der Waals surface area contributed by atoms with E-state index < -0.39 is 0 Å². The molecule has 2 N–H and O–H groups in total. The first-order valence-corrected chi connectivity index (χ1v) is 13.8. The molecule has 0 aliphatic carbocycles. The first-order chi connectivity index (χ1) is 20.0. The summed E-state index contributed by atoms with van der Waals surface area (Å²) in [7, 11) is 7.58. The topological polar surface area (TPSA) is 105 Å². The third-order valence-corrected chi connectivity index (χ3v) is 7.05. The number of likely N-dealkylation sites (N-methyl/N-ethyl adjacent to an activating group) is 2. The molecule has 4 aromatic rings. The summed E-state index contributed by atoms with van der Waals surface area (Å²) in [5, 5.41) is 7.15. The monoisotopic (exact) mass is 569 g/mol. The van der Waals surface area contributed by atoms with Gasteiger partial charge < -0.3 is 25.2 Å². The van der Waals surface area contributed by atoms with Crippen molar-refractivity contribution in [2.75, 3.05) is 56.9 Å². The molecule has 10 heteroatoms. The van der Waals surface area contributed by atoms with Crippen LogP contribution < -0.4 is 20.3 Å². The van der Waals surface area contributed by atoms with Gasteiger partial charge in [0.05, 0.1) is 35.4 Å². The Hall–Kier alpha value is -4.70. The lowest BCUT2D eigenvalue weighted by atomic mass is 9.98. The lowest BCUT2D eigenvalue weighted by molar-refractivity contribution is -0.111. The van der Waals surface area contributed by atoms with Crippen LogP contribution in [0.5, 0.6) is 5.75 Å². The molecule has 0 aliphatic heterocycles. The largest absolute Gasteiger partial charge is 0.494 e. The number of carbonyl (C=O) groups is 2. The molecule has 0 saturated carbocycles. The van der Waals surface area contributed by atoms with Gasteiger partial charge in [-0.15, -0.1) is 0 Å². The second-order valence-corrected chi connectivity index (χ2v) is 10.7. The Morgan fingerprint density at radius 1 is 1.12 bits per heavy atom. The number of aromatic nitrogens is 3. The highest BCUT2D eigenvalue weighted by atomic mass is 16.5. The van der Waals surface area contributed by atoms with Gasteiger partial charge in [0.15, 0.2) is 0 Å². The Bertz CT molecular complexity index is 1620. The van der Waals surface area contributed by atoms with Crippen LogP contribution in [-0.2, 0) is 4.79 Å². The van der Waals surface area contributed by atoms with E-state index in [1.54, 1.807) is 18.6 Å². The van der Waals surface area contributed by atoms with E-state index in [1.807, 2.05) is 69.9 Å². The normalized spacial score (nSPS) is 11.2. The van der Waals surface area contributed by atoms with Gasteiger partial charge in [0.25, 0.3) is 0 Å². The van der Waals surface area contributed by atoms with Gasteiger partial charge in [-0.2, -0.15) is 0 Å². The second kappa shape index (κ2) is 12.9. The Kier molecular flexibility index (Phi) is 9.27. The summed E-state index contributed by atoms with van der Waals surface area (Å²) >= 11 is 0. The number of rotatable bonds is 11. The van der Waals surface area contributed by atoms with Crippen molar-refractivity contribution < 1.29 is 14.3 Å². The van der Waals surface area contributed by atoms with E-state index in [0.29, 0.717) is 23.1 Å².